The normalized spacial score (nSPS) is 16.4. The molecule has 0 spiro atoms. The zero-order valence-electron chi connectivity index (χ0n) is 16.8. The van der Waals surface area contributed by atoms with E-state index in [-0.39, 0.29) is 23.1 Å². The van der Waals surface area contributed by atoms with Crippen molar-refractivity contribution in [3.8, 4) is 5.75 Å². The number of carbonyl (C=O) groups is 2. The van der Waals surface area contributed by atoms with Crippen LogP contribution in [-0.4, -0.2) is 38.7 Å². The molecule has 30 heavy (non-hydrogen) atoms. The van der Waals surface area contributed by atoms with E-state index in [9.17, 15) is 18.0 Å². The van der Waals surface area contributed by atoms with Gasteiger partial charge in [0.15, 0.2) is 5.78 Å². The molecule has 158 valence electrons. The van der Waals surface area contributed by atoms with E-state index in [1.807, 2.05) is 6.92 Å². The minimum Gasteiger partial charge on any atom is -0.493 e. The summed E-state index contributed by atoms with van der Waals surface area (Å²) in [6, 6.07) is 10.4. The lowest BCUT2D eigenvalue weighted by Crippen LogP contribution is -2.26. The third-order valence-corrected chi connectivity index (χ3v) is 5.86. The summed E-state index contributed by atoms with van der Waals surface area (Å²) in [5.74, 6) is -0.130. The number of sulfonamides is 1. The number of carbonyl (C=O) groups excluding carboxylic acids is 2. The first-order valence-electron chi connectivity index (χ1n) is 9.36. The van der Waals surface area contributed by atoms with Gasteiger partial charge >= 0.3 is 5.97 Å². The molecule has 0 radical (unpaired) electrons. The van der Waals surface area contributed by atoms with E-state index < -0.39 is 22.0 Å². The highest BCUT2D eigenvalue weighted by atomic mass is 32.2. The van der Waals surface area contributed by atoms with Crippen molar-refractivity contribution < 1.29 is 27.5 Å². The zero-order valence-corrected chi connectivity index (χ0v) is 17.7. The number of hydrogen-bond acceptors (Lipinski definition) is 7. The van der Waals surface area contributed by atoms with Gasteiger partial charge in [0.25, 0.3) is 10.0 Å². The summed E-state index contributed by atoms with van der Waals surface area (Å²) in [6.45, 7) is 5.11. The molecule has 0 amide bonds. The van der Waals surface area contributed by atoms with Crippen molar-refractivity contribution in [3.05, 3.63) is 59.2 Å². The predicted octanol–water partition coefficient (Wildman–Crippen LogP) is 2.46. The molecule has 8 nitrogen and oxygen atoms in total. The summed E-state index contributed by atoms with van der Waals surface area (Å²) < 4.78 is 37.6. The molecule has 0 saturated heterocycles. The minimum atomic E-state index is -3.69. The van der Waals surface area contributed by atoms with Crippen LogP contribution in [0.1, 0.15) is 42.3 Å². The van der Waals surface area contributed by atoms with Crippen LogP contribution in [0.3, 0.4) is 0 Å². The number of fused-ring (bicyclic) bond motifs is 1. The van der Waals surface area contributed by atoms with Crippen molar-refractivity contribution in [1.82, 2.24) is 4.72 Å². The van der Waals surface area contributed by atoms with Crippen LogP contribution >= 0.6 is 0 Å². The van der Waals surface area contributed by atoms with E-state index in [2.05, 4.69) is 9.71 Å². The van der Waals surface area contributed by atoms with Crippen LogP contribution in [0.2, 0.25) is 0 Å². The predicted molar refractivity (Wildman–Crippen MR) is 110 cm³/mol. The Balaban J connectivity index is 1.75. The molecule has 9 heteroatoms. The topological polar surface area (TPSA) is 111 Å². The Morgan fingerprint density at radius 3 is 2.60 bits per heavy atom. The minimum absolute atomic E-state index is 0.101. The van der Waals surface area contributed by atoms with E-state index >= 15 is 0 Å². The highest BCUT2D eigenvalue weighted by molar-refractivity contribution is 7.90. The molecule has 0 fully saturated rings. The largest absolute Gasteiger partial charge is 0.493 e. The fourth-order valence-corrected chi connectivity index (χ4v) is 4.19. The molecule has 2 aromatic rings. The number of Topliss-reactive ketones (excluding diaryl/α,β-unsaturated/α-hetero) is 1. The Morgan fingerprint density at radius 1 is 1.17 bits per heavy atom. The average Bonchev–Trinajstić information content (AvgIpc) is 2.97. The molecule has 2 aromatic carbocycles. The Bertz CT molecular complexity index is 1120. The average molecular weight is 430 g/mol. The number of aliphatic imine (C=N–C) groups is 1. The lowest BCUT2D eigenvalue weighted by Gasteiger charge is -2.13. The Hall–Kier alpha value is -3.20. The van der Waals surface area contributed by atoms with E-state index in [1.165, 1.54) is 19.9 Å². The Kier molecular flexibility index (Phi) is 6.21. The summed E-state index contributed by atoms with van der Waals surface area (Å²) in [5.41, 5.74) is 1.45. The van der Waals surface area contributed by atoms with Crippen LogP contribution in [-0.2, 0) is 26.2 Å². The summed E-state index contributed by atoms with van der Waals surface area (Å²) >= 11 is 0. The standard InChI is InChI=1S/C21H22N2O6S/c1-4-28-18-10-9-15(14(3)24)11-16(18)12-29-21(25)13(2)22-20-17-7-5-6-8-19(17)30(26,27)23-20/h5-11,13H,4,12H2,1-3H3,(H,22,23)/t13-/m1/s1. The molecule has 0 aliphatic carbocycles. The third-order valence-electron chi connectivity index (χ3n) is 4.46. The second-order valence-corrected chi connectivity index (χ2v) is 8.33. The summed E-state index contributed by atoms with van der Waals surface area (Å²) in [5, 5.41) is 0. The molecular weight excluding hydrogens is 408 g/mol. The number of rotatable bonds is 7. The number of ether oxygens (including phenoxy) is 2. The van der Waals surface area contributed by atoms with Gasteiger partial charge in [-0.15, -0.1) is 0 Å². The van der Waals surface area contributed by atoms with Gasteiger partial charge in [0.2, 0.25) is 0 Å². The number of amidine groups is 1. The van der Waals surface area contributed by atoms with Gasteiger partial charge in [0.1, 0.15) is 24.2 Å². The SMILES string of the molecule is CCOc1ccc(C(C)=O)cc1COC(=O)[C@@H](C)N=C1NS(=O)(=O)c2ccccc21. The quantitative estimate of drug-likeness (QED) is 0.534. The number of hydrogen-bond donors (Lipinski definition) is 1. The van der Waals surface area contributed by atoms with E-state index in [0.717, 1.165) is 0 Å². The van der Waals surface area contributed by atoms with Gasteiger partial charge in [0, 0.05) is 16.7 Å². The monoisotopic (exact) mass is 430 g/mol. The number of ketones is 1. The fourth-order valence-electron chi connectivity index (χ4n) is 2.95. The highest BCUT2D eigenvalue weighted by Crippen LogP contribution is 2.24. The van der Waals surface area contributed by atoms with Crippen LogP contribution in [0.4, 0.5) is 0 Å². The number of nitrogens with one attached hydrogen (secondary N) is 1. The molecule has 0 saturated carbocycles. The first-order valence-corrected chi connectivity index (χ1v) is 10.8. The Morgan fingerprint density at radius 2 is 1.90 bits per heavy atom. The molecule has 1 N–H and O–H groups in total. The van der Waals surface area contributed by atoms with Crippen molar-refractivity contribution in [1.29, 1.82) is 0 Å². The van der Waals surface area contributed by atoms with Crippen molar-refractivity contribution in [3.63, 3.8) is 0 Å². The van der Waals surface area contributed by atoms with E-state index in [0.29, 0.717) is 29.0 Å². The van der Waals surface area contributed by atoms with Gasteiger partial charge in [-0.3, -0.25) is 14.5 Å². The molecule has 0 aromatic heterocycles. The fraction of sp³-hybridized carbons (Fsp3) is 0.286. The van der Waals surface area contributed by atoms with Gasteiger partial charge in [-0.05, 0) is 51.1 Å². The molecule has 1 heterocycles. The van der Waals surface area contributed by atoms with Crippen LogP contribution in [0, 0.1) is 0 Å². The first kappa shape index (κ1) is 21.5. The maximum absolute atomic E-state index is 12.5. The Labute approximate surface area is 175 Å². The molecular formula is C21H22N2O6S. The molecule has 0 unspecified atom stereocenters. The van der Waals surface area contributed by atoms with E-state index in [4.69, 9.17) is 9.47 Å². The van der Waals surface area contributed by atoms with Gasteiger partial charge in [-0.2, -0.15) is 0 Å². The van der Waals surface area contributed by atoms with Crippen molar-refractivity contribution in [2.45, 2.75) is 38.3 Å². The first-order chi connectivity index (χ1) is 14.2. The smallest absolute Gasteiger partial charge is 0.330 e. The summed E-state index contributed by atoms with van der Waals surface area (Å²) in [7, 11) is -3.69. The lowest BCUT2D eigenvalue weighted by atomic mass is 10.1. The van der Waals surface area contributed by atoms with Crippen LogP contribution < -0.4 is 9.46 Å². The highest BCUT2D eigenvalue weighted by Gasteiger charge is 2.31. The van der Waals surface area contributed by atoms with Gasteiger partial charge in [0.05, 0.1) is 11.5 Å². The maximum atomic E-state index is 12.5. The molecule has 0 bridgehead atoms. The zero-order chi connectivity index (χ0) is 21.9. The van der Waals surface area contributed by atoms with Crippen molar-refractivity contribution in [2.24, 2.45) is 4.99 Å². The van der Waals surface area contributed by atoms with Crippen LogP contribution in [0.5, 0.6) is 5.75 Å². The molecule has 1 atom stereocenters. The van der Waals surface area contributed by atoms with Gasteiger partial charge in [-0.1, -0.05) is 12.1 Å². The van der Waals surface area contributed by atoms with Crippen molar-refractivity contribution in [2.75, 3.05) is 6.61 Å². The lowest BCUT2D eigenvalue weighted by molar-refractivity contribution is -0.146. The maximum Gasteiger partial charge on any atom is 0.330 e. The van der Waals surface area contributed by atoms with E-state index in [1.54, 1.807) is 36.4 Å². The molecule has 1 aliphatic heterocycles. The number of esters is 1. The summed E-state index contributed by atoms with van der Waals surface area (Å²) in [6.07, 6.45) is 0. The van der Waals surface area contributed by atoms with Crippen LogP contribution in [0.25, 0.3) is 0 Å². The van der Waals surface area contributed by atoms with Crippen molar-refractivity contribution >= 4 is 27.6 Å². The van der Waals surface area contributed by atoms with Gasteiger partial charge in [-0.25, -0.2) is 13.2 Å². The third kappa shape index (κ3) is 4.51. The molecule has 1 aliphatic rings. The second kappa shape index (κ2) is 8.66. The summed E-state index contributed by atoms with van der Waals surface area (Å²) in [4.78, 5) is 28.4. The second-order valence-electron chi connectivity index (χ2n) is 6.67. The van der Waals surface area contributed by atoms with Crippen LogP contribution in [0.15, 0.2) is 52.4 Å². The number of nitrogens with zero attached hydrogens (tertiary/aromatic N) is 1. The van der Waals surface area contributed by atoms with Gasteiger partial charge < -0.3 is 9.47 Å². The number of benzene rings is 2. The molecule has 3 rings (SSSR count).